The Bertz CT molecular complexity index is 613. The zero-order valence-electron chi connectivity index (χ0n) is 10.3. The number of halogens is 1. The number of benzene rings is 1. The van der Waals surface area contributed by atoms with Crippen molar-refractivity contribution in [3.05, 3.63) is 53.6 Å². The summed E-state index contributed by atoms with van der Waals surface area (Å²) in [7, 11) is 1.25. The van der Waals surface area contributed by atoms with Crippen LogP contribution in [0.2, 0.25) is 0 Å². The van der Waals surface area contributed by atoms with Crippen LogP contribution in [0.3, 0.4) is 0 Å². The SMILES string of the molecule is COC(=O)c1cc(-c2cccc(F)c2)cc(CO)n1. The third-order valence-corrected chi connectivity index (χ3v) is 2.59. The Labute approximate surface area is 109 Å². The fraction of sp³-hybridized carbons (Fsp3) is 0.143. The predicted molar refractivity (Wildman–Crippen MR) is 66.9 cm³/mol. The maximum absolute atomic E-state index is 13.2. The van der Waals surface area contributed by atoms with Crippen LogP contribution in [-0.4, -0.2) is 23.2 Å². The average Bonchev–Trinajstić information content (AvgIpc) is 2.45. The zero-order valence-corrected chi connectivity index (χ0v) is 10.3. The van der Waals surface area contributed by atoms with Crippen molar-refractivity contribution < 1.29 is 19.0 Å². The van der Waals surface area contributed by atoms with Crippen molar-refractivity contribution in [1.82, 2.24) is 4.98 Å². The number of aliphatic hydroxyl groups excluding tert-OH is 1. The molecule has 0 saturated carbocycles. The van der Waals surface area contributed by atoms with Crippen LogP contribution in [0.5, 0.6) is 0 Å². The number of ether oxygens (including phenoxy) is 1. The Hall–Kier alpha value is -2.27. The molecule has 5 heteroatoms. The first-order valence-corrected chi connectivity index (χ1v) is 5.60. The minimum Gasteiger partial charge on any atom is -0.464 e. The topological polar surface area (TPSA) is 59.4 Å². The van der Waals surface area contributed by atoms with Crippen LogP contribution in [0.25, 0.3) is 11.1 Å². The molecule has 1 heterocycles. The highest BCUT2D eigenvalue weighted by Gasteiger charge is 2.11. The van der Waals surface area contributed by atoms with E-state index in [1.54, 1.807) is 18.2 Å². The molecule has 0 aliphatic rings. The first-order valence-electron chi connectivity index (χ1n) is 5.60. The number of hydrogen-bond donors (Lipinski definition) is 1. The third kappa shape index (κ3) is 2.95. The number of pyridine rings is 1. The summed E-state index contributed by atoms with van der Waals surface area (Å²) in [5.74, 6) is -0.979. The van der Waals surface area contributed by atoms with Gasteiger partial charge >= 0.3 is 5.97 Å². The lowest BCUT2D eigenvalue weighted by Crippen LogP contribution is -2.06. The molecule has 0 aliphatic heterocycles. The van der Waals surface area contributed by atoms with Gasteiger partial charge in [0.15, 0.2) is 0 Å². The molecule has 2 rings (SSSR count). The molecule has 1 aromatic carbocycles. The molecular weight excluding hydrogens is 249 g/mol. The number of rotatable bonds is 3. The molecule has 19 heavy (non-hydrogen) atoms. The monoisotopic (exact) mass is 261 g/mol. The molecule has 0 atom stereocenters. The number of carbonyl (C=O) groups is 1. The number of methoxy groups -OCH3 is 1. The number of hydrogen-bond acceptors (Lipinski definition) is 4. The van der Waals surface area contributed by atoms with E-state index >= 15 is 0 Å². The predicted octanol–water partition coefficient (Wildman–Crippen LogP) is 2.17. The Morgan fingerprint density at radius 3 is 2.74 bits per heavy atom. The molecule has 0 fully saturated rings. The average molecular weight is 261 g/mol. The van der Waals surface area contributed by atoms with Crippen molar-refractivity contribution in [2.45, 2.75) is 6.61 Å². The molecule has 98 valence electrons. The van der Waals surface area contributed by atoms with Crippen molar-refractivity contribution in [1.29, 1.82) is 0 Å². The second-order valence-corrected chi connectivity index (χ2v) is 3.89. The lowest BCUT2D eigenvalue weighted by Gasteiger charge is -2.07. The Morgan fingerprint density at radius 1 is 1.32 bits per heavy atom. The van der Waals surface area contributed by atoms with Gasteiger partial charge in [-0.25, -0.2) is 14.2 Å². The van der Waals surface area contributed by atoms with Gasteiger partial charge in [-0.2, -0.15) is 0 Å². The fourth-order valence-electron chi connectivity index (χ4n) is 1.71. The van der Waals surface area contributed by atoms with E-state index < -0.39 is 5.97 Å². The van der Waals surface area contributed by atoms with Crippen LogP contribution in [-0.2, 0) is 11.3 Å². The number of esters is 1. The summed E-state index contributed by atoms with van der Waals surface area (Å²) in [4.78, 5) is 15.4. The normalized spacial score (nSPS) is 10.3. The first-order chi connectivity index (χ1) is 9.13. The number of aliphatic hydroxyl groups is 1. The standard InChI is InChI=1S/C14H12FNO3/c1-19-14(18)13-7-10(6-12(8-17)16-13)9-3-2-4-11(15)5-9/h2-7,17H,8H2,1H3. The number of carbonyl (C=O) groups excluding carboxylic acids is 1. The molecule has 0 saturated heterocycles. The summed E-state index contributed by atoms with van der Waals surface area (Å²) < 4.78 is 17.8. The van der Waals surface area contributed by atoms with Crippen molar-refractivity contribution in [3.63, 3.8) is 0 Å². The summed E-state index contributed by atoms with van der Waals surface area (Å²) >= 11 is 0. The van der Waals surface area contributed by atoms with Gasteiger partial charge in [-0.1, -0.05) is 12.1 Å². The van der Waals surface area contributed by atoms with Gasteiger partial charge in [-0.3, -0.25) is 0 Å². The Kier molecular flexibility index (Phi) is 3.87. The van der Waals surface area contributed by atoms with Crippen LogP contribution in [0.1, 0.15) is 16.2 Å². The second kappa shape index (κ2) is 5.58. The molecular formula is C14H12FNO3. The van der Waals surface area contributed by atoms with Crippen molar-refractivity contribution in [2.75, 3.05) is 7.11 Å². The van der Waals surface area contributed by atoms with Gasteiger partial charge in [0, 0.05) is 0 Å². The van der Waals surface area contributed by atoms with E-state index in [0.29, 0.717) is 16.8 Å². The molecule has 1 N–H and O–H groups in total. The van der Waals surface area contributed by atoms with Gasteiger partial charge in [0.05, 0.1) is 19.4 Å². The maximum atomic E-state index is 13.2. The molecule has 0 unspecified atom stereocenters. The van der Waals surface area contributed by atoms with Crippen LogP contribution < -0.4 is 0 Å². The molecule has 2 aromatic rings. The zero-order chi connectivity index (χ0) is 13.8. The summed E-state index contributed by atoms with van der Waals surface area (Å²) in [5.41, 5.74) is 1.59. The fourth-order valence-corrected chi connectivity index (χ4v) is 1.71. The van der Waals surface area contributed by atoms with Gasteiger partial charge in [-0.05, 0) is 35.4 Å². The van der Waals surface area contributed by atoms with Crippen LogP contribution in [0.15, 0.2) is 36.4 Å². The van der Waals surface area contributed by atoms with Crippen molar-refractivity contribution >= 4 is 5.97 Å². The highest BCUT2D eigenvalue weighted by Crippen LogP contribution is 2.22. The van der Waals surface area contributed by atoms with Crippen LogP contribution in [0, 0.1) is 5.82 Å². The van der Waals surface area contributed by atoms with Gasteiger partial charge < -0.3 is 9.84 Å². The minimum absolute atomic E-state index is 0.0771. The molecule has 0 bridgehead atoms. The van der Waals surface area contributed by atoms with E-state index in [1.807, 2.05) is 0 Å². The highest BCUT2D eigenvalue weighted by atomic mass is 19.1. The molecule has 0 aliphatic carbocycles. The molecule has 0 radical (unpaired) electrons. The molecule has 4 nitrogen and oxygen atoms in total. The van der Waals surface area contributed by atoms with E-state index in [-0.39, 0.29) is 18.1 Å². The minimum atomic E-state index is -0.604. The molecule has 0 spiro atoms. The highest BCUT2D eigenvalue weighted by molar-refractivity contribution is 5.88. The maximum Gasteiger partial charge on any atom is 0.356 e. The smallest absolute Gasteiger partial charge is 0.356 e. The van der Waals surface area contributed by atoms with E-state index in [1.165, 1.54) is 25.3 Å². The molecule has 0 amide bonds. The van der Waals surface area contributed by atoms with Crippen LogP contribution >= 0.6 is 0 Å². The van der Waals surface area contributed by atoms with Gasteiger partial charge in [0.25, 0.3) is 0 Å². The van der Waals surface area contributed by atoms with Crippen LogP contribution in [0.4, 0.5) is 4.39 Å². The Balaban J connectivity index is 2.53. The van der Waals surface area contributed by atoms with Gasteiger partial charge in [0.2, 0.25) is 0 Å². The summed E-state index contributed by atoms with van der Waals surface area (Å²) in [6.45, 7) is -0.312. The van der Waals surface area contributed by atoms with Crippen molar-refractivity contribution in [2.24, 2.45) is 0 Å². The van der Waals surface area contributed by atoms with Gasteiger partial charge in [-0.15, -0.1) is 0 Å². The lowest BCUT2D eigenvalue weighted by atomic mass is 10.0. The lowest BCUT2D eigenvalue weighted by molar-refractivity contribution is 0.0593. The summed E-state index contributed by atoms with van der Waals surface area (Å²) in [6, 6.07) is 9.06. The largest absolute Gasteiger partial charge is 0.464 e. The number of nitrogens with zero attached hydrogens (tertiary/aromatic N) is 1. The second-order valence-electron chi connectivity index (χ2n) is 3.89. The van der Waals surface area contributed by atoms with E-state index in [0.717, 1.165) is 0 Å². The van der Waals surface area contributed by atoms with Crippen molar-refractivity contribution in [3.8, 4) is 11.1 Å². The quantitative estimate of drug-likeness (QED) is 0.860. The summed E-state index contributed by atoms with van der Waals surface area (Å²) in [5, 5.41) is 9.15. The Morgan fingerprint density at radius 2 is 2.11 bits per heavy atom. The number of aromatic nitrogens is 1. The summed E-state index contributed by atoms with van der Waals surface area (Å²) in [6.07, 6.45) is 0. The first kappa shape index (κ1) is 13.2. The third-order valence-electron chi connectivity index (χ3n) is 2.59. The van der Waals surface area contributed by atoms with E-state index in [2.05, 4.69) is 9.72 Å². The van der Waals surface area contributed by atoms with E-state index in [9.17, 15) is 9.18 Å². The van der Waals surface area contributed by atoms with Gasteiger partial charge in [0.1, 0.15) is 11.5 Å². The molecule has 1 aromatic heterocycles. The van der Waals surface area contributed by atoms with E-state index in [4.69, 9.17) is 5.11 Å².